The maximum Gasteiger partial charge on any atom is 0.276 e. The van der Waals surface area contributed by atoms with Crippen molar-refractivity contribution in [2.45, 2.75) is 6.42 Å². The van der Waals surface area contributed by atoms with Gasteiger partial charge in [0.2, 0.25) is 0 Å². The van der Waals surface area contributed by atoms with Gasteiger partial charge in [-0.1, -0.05) is 0 Å². The summed E-state index contributed by atoms with van der Waals surface area (Å²) in [6, 6.07) is 4.56. The van der Waals surface area contributed by atoms with Gasteiger partial charge in [0.25, 0.3) is 5.69 Å². The van der Waals surface area contributed by atoms with Crippen molar-refractivity contribution >= 4 is 17.3 Å². The highest BCUT2D eigenvalue weighted by Crippen LogP contribution is 2.22. The van der Waals surface area contributed by atoms with E-state index in [-0.39, 0.29) is 11.5 Å². The van der Waals surface area contributed by atoms with Gasteiger partial charge in [0.05, 0.1) is 29.5 Å². The molecule has 0 atom stereocenters. The minimum atomic E-state index is -0.524. The molecular formula is C9H12N6O2. The van der Waals surface area contributed by atoms with E-state index in [1.54, 1.807) is 11.9 Å². The Bertz CT molecular complexity index is 455. The van der Waals surface area contributed by atoms with Crippen LogP contribution >= 0.6 is 0 Å². The van der Waals surface area contributed by atoms with Crippen LogP contribution in [-0.2, 0) is 0 Å². The summed E-state index contributed by atoms with van der Waals surface area (Å²) < 4.78 is 0. The zero-order valence-electron chi connectivity index (χ0n) is 9.25. The van der Waals surface area contributed by atoms with Gasteiger partial charge in [-0.2, -0.15) is 5.26 Å². The molecule has 1 aromatic rings. The number of hydrazine groups is 1. The fourth-order valence-electron chi connectivity index (χ4n) is 1.21. The largest absolute Gasteiger partial charge is 0.358 e. The molecule has 0 bridgehead atoms. The molecule has 3 N–H and O–H groups in total. The number of nitrogens with one attached hydrogen (secondary N) is 1. The predicted octanol–water partition coefficient (Wildman–Crippen LogP) is 0.625. The Labute approximate surface area is 97.8 Å². The zero-order chi connectivity index (χ0) is 12.8. The molecule has 0 aliphatic carbocycles. The summed E-state index contributed by atoms with van der Waals surface area (Å²) in [4.78, 5) is 15.9. The second-order valence-electron chi connectivity index (χ2n) is 3.30. The standard InChI is InChI=1S/C9H12N6O2/c1-14(4-2-3-10)9-6-7(15(16)17)5-8(12-9)13-11/h5-6H,2,4,11H2,1H3,(H,12,13). The number of nitrogen functional groups attached to an aromatic ring is 1. The first-order chi connectivity index (χ1) is 8.08. The fraction of sp³-hybridized carbons (Fsp3) is 0.333. The quantitative estimate of drug-likeness (QED) is 0.436. The van der Waals surface area contributed by atoms with Crippen LogP contribution in [0.5, 0.6) is 0 Å². The van der Waals surface area contributed by atoms with E-state index in [0.717, 1.165) is 0 Å². The zero-order valence-corrected chi connectivity index (χ0v) is 9.25. The molecule has 90 valence electrons. The van der Waals surface area contributed by atoms with Crippen molar-refractivity contribution in [3.63, 3.8) is 0 Å². The molecule has 0 amide bonds. The number of anilines is 2. The number of aromatic nitrogens is 1. The highest BCUT2D eigenvalue weighted by Gasteiger charge is 2.13. The second-order valence-corrected chi connectivity index (χ2v) is 3.30. The SMILES string of the molecule is CN(CCC#N)c1cc([N+](=O)[O-])cc(NN)n1. The van der Waals surface area contributed by atoms with E-state index in [0.29, 0.717) is 18.8 Å². The maximum atomic E-state index is 10.7. The molecule has 1 rings (SSSR count). The molecule has 0 saturated carbocycles. The lowest BCUT2D eigenvalue weighted by molar-refractivity contribution is -0.384. The fourth-order valence-corrected chi connectivity index (χ4v) is 1.21. The summed E-state index contributed by atoms with van der Waals surface area (Å²) in [5.74, 6) is 5.78. The first-order valence-electron chi connectivity index (χ1n) is 4.79. The van der Waals surface area contributed by atoms with Gasteiger partial charge in [-0.15, -0.1) is 0 Å². The minimum absolute atomic E-state index is 0.105. The van der Waals surface area contributed by atoms with Crippen LogP contribution in [0.2, 0.25) is 0 Å². The first-order valence-corrected chi connectivity index (χ1v) is 4.79. The monoisotopic (exact) mass is 236 g/mol. The van der Waals surface area contributed by atoms with E-state index in [9.17, 15) is 10.1 Å². The molecule has 8 nitrogen and oxygen atoms in total. The maximum absolute atomic E-state index is 10.7. The van der Waals surface area contributed by atoms with E-state index in [1.807, 2.05) is 6.07 Å². The average Bonchev–Trinajstić information content (AvgIpc) is 2.35. The van der Waals surface area contributed by atoms with Gasteiger partial charge in [0, 0.05) is 13.6 Å². The number of nitro groups is 1. The molecule has 0 radical (unpaired) electrons. The molecule has 8 heteroatoms. The minimum Gasteiger partial charge on any atom is -0.358 e. The summed E-state index contributed by atoms with van der Waals surface area (Å²) in [5.41, 5.74) is 2.16. The lowest BCUT2D eigenvalue weighted by Crippen LogP contribution is -2.20. The van der Waals surface area contributed by atoms with Crippen molar-refractivity contribution in [1.82, 2.24) is 4.98 Å². The topological polar surface area (TPSA) is 121 Å². The van der Waals surface area contributed by atoms with Gasteiger partial charge in [0.1, 0.15) is 11.6 Å². The van der Waals surface area contributed by atoms with E-state index < -0.39 is 4.92 Å². The first kappa shape index (κ1) is 12.7. The van der Waals surface area contributed by atoms with Gasteiger partial charge >= 0.3 is 0 Å². The summed E-state index contributed by atoms with van der Waals surface area (Å²) in [6.07, 6.45) is 0.312. The Balaban J connectivity index is 3.02. The van der Waals surface area contributed by atoms with Crippen molar-refractivity contribution in [1.29, 1.82) is 5.26 Å². The van der Waals surface area contributed by atoms with Crippen LogP contribution in [0.1, 0.15) is 6.42 Å². The Kier molecular flexibility index (Phi) is 4.19. The smallest absolute Gasteiger partial charge is 0.276 e. The lowest BCUT2D eigenvalue weighted by atomic mass is 10.3. The van der Waals surface area contributed by atoms with Gasteiger partial charge in [0.15, 0.2) is 0 Å². The van der Waals surface area contributed by atoms with Gasteiger partial charge in [-0.3, -0.25) is 10.1 Å². The van der Waals surface area contributed by atoms with Crippen LogP contribution < -0.4 is 16.2 Å². The Hall–Kier alpha value is -2.40. The molecule has 0 aliphatic rings. The van der Waals surface area contributed by atoms with Crippen molar-refractivity contribution < 1.29 is 4.92 Å². The van der Waals surface area contributed by atoms with E-state index in [2.05, 4.69) is 10.4 Å². The molecule has 17 heavy (non-hydrogen) atoms. The second kappa shape index (κ2) is 5.62. The number of nitrogens with two attached hydrogens (primary N) is 1. The van der Waals surface area contributed by atoms with Crippen LogP contribution in [0, 0.1) is 21.4 Å². The Morgan fingerprint density at radius 2 is 2.41 bits per heavy atom. The lowest BCUT2D eigenvalue weighted by Gasteiger charge is -2.16. The van der Waals surface area contributed by atoms with Crippen LogP contribution in [0.4, 0.5) is 17.3 Å². The van der Waals surface area contributed by atoms with Crippen molar-refractivity contribution in [2.24, 2.45) is 5.84 Å². The molecule has 1 heterocycles. The number of nitrogens with zero attached hydrogens (tertiary/aromatic N) is 4. The van der Waals surface area contributed by atoms with Gasteiger partial charge < -0.3 is 10.3 Å². The number of pyridine rings is 1. The predicted molar refractivity (Wildman–Crippen MR) is 62.2 cm³/mol. The summed E-state index contributed by atoms with van der Waals surface area (Å²) in [5, 5.41) is 19.2. The average molecular weight is 236 g/mol. The number of nitriles is 1. The van der Waals surface area contributed by atoms with Gasteiger partial charge in [-0.05, 0) is 0 Å². The molecular weight excluding hydrogens is 224 g/mol. The van der Waals surface area contributed by atoms with Crippen molar-refractivity contribution in [3.05, 3.63) is 22.2 Å². The third kappa shape index (κ3) is 3.29. The van der Waals surface area contributed by atoms with Crippen LogP contribution in [0.15, 0.2) is 12.1 Å². The Morgan fingerprint density at radius 3 is 2.94 bits per heavy atom. The van der Waals surface area contributed by atoms with Crippen LogP contribution in [-0.4, -0.2) is 23.5 Å². The number of hydrogen-bond donors (Lipinski definition) is 2. The molecule has 0 aromatic carbocycles. The van der Waals surface area contributed by atoms with Crippen molar-refractivity contribution in [2.75, 3.05) is 23.9 Å². The molecule has 0 aliphatic heterocycles. The molecule has 1 aromatic heterocycles. The number of hydrogen-bond acceptors (Lipinski definition) is 7. The van der Waals surface area contributed by atoms with Gasteiger partial charge in [-0.25, -0.2) is 10.8 Å². The summed E-state index contributed by atoms with van der Waals surface area (Å²) >= 11 is 0. The molecule has 0 saturated heterocycles. The highest BCUT2D eigenvalue weighted by molar-refractivity contribution is 5.55. The third-order valence-corrected chi connectivity index (χ3v) is 2.11. The van der Waals surface area contributed by atoms with E-state index >= 15 is 0 Å². The normalized spacial score (nSPS) is 9.47. The van der Waals surface area contributed by atoms with Crippen LogP contribution in [0.25, 0.3) is 0 Å². The molecule has 0 fully saturated rings. The number of rotatable bonds is 5. The third-order valence-electron chi connectivity index (χ3n) is 2.11. The highest BCUT2D eigenvalue weighted by atomic mass is 16.6. The van der Waals surface area contributed by atoms with E-state index in [4.69, 9.17) is 11.1 Å². The van der Waals surface area contributed by atoms with Crippen LogP contribution in [0.3, 0.4) is 0 Å². The van der Waals surface area contributed by atoms with E-state index in [1.165, 1.54) is 12.1 Å². The summed E-state index contributed by atoms with van der Waals surface area (Å²) in [6.45, 7) is 0.439. The summed E-state index contributed by atoms with van der Waals surface area (Å²) in [7, 11) is 1.70. The van der Waals surface area contributed by atoms with Crippen molar-refractivity contribution in [3.8, 4) is 6.07 Å². The Morgan fingerprint density at radius 1 is 1.71 bits per heavy atom. The molecule has 0 unspecified atom stereocenters. The molecule has 0 spiro atoms.